The van der Waals surface area contributed by atoms with E-state index in [4.69, 9.17) is 13.0 Å². The summed E-state index contributed by atoms with van der Waals surface area (Å²) in [5, 5.41) is 0. The standard InChI is InChI=1S/C16H29N.CH4O3S/c1-2-3-4-5-6-7-8-9-10-11-14-17-15-12-13-16-17;1-5(2,3)4/h12-13,15-16H,2-11,14H2,1H3;1H3,(H,2,3,4). The Balaban J connectivity index is 0.000000763. The molecule has 0 aromatic rings. The van der Waals surface area contributed by atoms with Gasteiger partial charge in [-0.05, 0) is 25.0 Å². The highest BCUT2D eigenvalue weighted by Crippen LogP contribution is 2.09. The lowest BCUT2D eigenvalue weighted by Gasteiger charge is -2.06. The Morgan fingerprint density at radius 3 is 1.59 bits per heavy atom. The van der Waals surface area contributed by atoms with Crippen LogP contribution in [-0.4, -0.2) is 25.8 Å². The van der Waals surface area contributed by atoms with Gasteiger partial charge in [-0.3, -0.25) is 4.90 Å². The Kier molecular flexibility index (Phi) is 13.6. The quantitative estimate of drug-likeness (QED) is 0.468. The van der Waals surface area contributed by atoms with E-state index in [0.717, 1.165) is 0 Å². The lowest BCUT2D eigenvalue weighted by atomic mass is 10.1. The molecule has 5 heteroatoms. The van der Waals surface area contributed by atoms with Gasteiger partial charge in [0.25, 0.3) is 0 Å². The van der Waals surface area contributed by atoms with E-state index in [0.29, 0.717) is 6.26 Å². The number of allylic oxidation sites excluding steroid dienone is 2. The second-order valence-electron chi connectivity index (χ2n) is 5.93. The zero-order chi connectivity index (χ0) is 16.7. The summed E-state index contributed by atoms with van der Waals surface area (Å²) in [5.74, 6) is 0. The second-order valence-corrected chi connectivity index (χ2v) is 7.34. The van der Waals surface area contributed by atoms with E-state index in [9.17, 15) is 0 Å². The van der Waals surface area contributed by atoms with Crippen molar-refractivity contribution in [2.75, 3.05) is 12.8 Å². The third-order valence-corrected chi connectivity index (χ3v) is 3.55. The first kappa shape index (κ1) is 21.4. The summed E-state index contributed by atoms with van der Waals surface area (Å²) in [6.45, 7) is 3.57. The molecule has 0 fully saturated rings. The van der Waals surface area contributed by atoms with Crippen molar-refractivity contribution in [3.63, 3.8) is 0 Å². The van der Waals surface area contributed by atoms with Crippen LogP contribution in [0.5, 0.6) is 0 Å². The maximum atomic E-state index is 9.08. The summed E-state index contributed by atoms with van der Waals surface area (Å²) in [4.78, 5) is 1.52. The summed E-state index contributed by atoms with van der Waals surface area (Å²) >= 11 is 0. The molecule has 0 bridgehead atoms. The summed E-state index contributed by atoms with van der Waals surface area (Å²) < 4.78 is 27.2. The molecule has 130 valence electrons. The van der Waals surface area contributed by atoms with E-state index in [1.807, 2.05) is 0 Å². The van der Waals surface area contributed by atoms with Crippen molar-refractivity contribution in [2.45, 2.75) is 71.1 Å². The Hall–Kier alpha value is -0.650. The normalized spacial score (nSPS) is 14.1. The molecule has 0 saturated carbocycles. The van der Waals surface area contributed by atoms with E-state index in [1.54, 1.807) is 0 Å². The second kappa shape index (κ2) is 14.0. The van der Waals surface area contributed by atoms with Gasteiger partial charge >= 0.3 is 0 Å². The van der Waals surface area contributed by atoms with Gasteiger partial charge < -0.3 is 4.55 Å². The monoisotopic (exact) mass is 331 g/mol. The first-order valence-corrected chi connectivity index (χ1v) is 10.4. The maximum absolute atomic E-state index is 9.08. The lowest BCUT2D eigenvalue weighted by molar-refractivity contribution is -0.787. The van der Waals surface area contributed by atoms with E-state index >= 15 is 0 Å². The van der Waals surface area contributed by atoms with Gasteiger partial charge in [0.2, 0.25) is 0 Å². The zero-order valence-corrected chi connectivity index (χ0v) is 15.0. The number of hydrogen-bond donors (Lipinski definition) is 1. The molecule has 0 saturated heterocycles. The molecule has 0 aromatic heterocycles. The summed E-state index contributed by atoms with van der Waals surface area (Å²) in [5.41, 5.74) is 0. The number of rotatable bonds is 11. The van der Waals surface area contributed by atoms with Crippen LogP contribution >= 0.6 is 0 Å². The van der Waals surface area contributed by atoms with E-state index in [2.05, 4.69) is 31.5 Å². The van der Waals surface area contributed by atoms with Gasteiger partial charge in [-0.2, -0.15) is 0 Å². The van der Waals surface area contributed by atoms with Crippen LogP contribution in [0.3, 0.4) is 0 Å². The largest absolute Gasteiger partial charge is 0.748 e. The molecule has 1 rings (SSSR count). The van der Waals surface area contributed by atoms with Gasteiger partial charge in [0, 0.05) is 6.26 Å². The molecule has 4 nitrogen and oxygen atoms in total. The van der Waals surface area contributed by atoms with Crippen molar-refractivity contribution in [3.05, 3.63) is 24.6 Å². The molecule has 1 aliphatic heterocycles. The molecule has 1 heterocycles. The minimum atomic E-state index is -3.92. The molecule has 0 spiro atoms. The molecule has 1 N–H and O–H groups in total. The Morgan fingerprint density at radius 1 is 0.818 bits per heavy atom. The smallest absolute Gasteiger partial charge is 0.0990 e. The molecule has 0 radical (unpaired) electrons. The van der Waals surface area contributed by atoms with Crippen LogP contribution in [0.25, 0.3) is 0 Å². The predicted octanol–water partition coefficient (Wildman–Crippen LogP) is 2.99. The van der Waals surface area contributed by atoms with Gasteiger partial charge in [-0.1, -0.05) is 58.3 Å². The Morgan fingerprint density at radius 2 is 1.18 bits per heavy atom. The molecule has 1 aliphatic rings. The summed E-state index contributed by atoms with van der Waals surface area (Å²) in [6.07, 6.45) is 23.7. The van der Waals surface area contributed by atoms with Gasteiger partial charge in [0.15, 0.2) is 0 Å². The van der Waals surface area contributed by atoms with Crippen molar-refractivity contribution >= 4 is 10.1 Å². The first-order valence-electron chi connectivity index (χ1n) is 8.55. The van der Waals surface area contributed by atoms with E-state index < -0.39 is 10.1 Å². The van der Waals surface area contributed by atoms with Crippen molar-refractivity contribution in [1.29, 1.82) is 0 Å². The highest BCUT2D eigenvalue weighted by atomic mass is 32.2. The van der Waals surface area contributed by atoms with Crippen molar-refractivity contribution < 1.29 is 17.9 Å². The van der Waals surface area contributed by atoms with Crippen LogP contribution in [-0.2, 0) is 10.1 Å². The van der Waals surface area contributed by atoms with Crippen LogP contribution in [0, 0.1) is 0 Å². The number of unbranched alkanes of at least 4 members (excludes halogenated alkanes) is 9. The molecular formula is C17H33NO3S. The number of hydrogen-bond acceptors (Lipinski definition) is 3. The summed E-state index contributed by atoms with van der Waals surface area (Å²) in [7, 11) is -3.92. The van der Waals surface area contributed by atoms with Gasteiger partial charge in [0.05, 0.1) is 29.1 Å². The molecule has 0 amide bonds. The van der Waals surface area contributed by atoms with Crippen molar-refractivity contribution in [2.24, 2.45) is 0 Å². The fourth-order valence-electron chi connectivity index (χ4n) is 2.40. The number of nitrogens with one attached hydrogen (secondary N) is 1. The van der Waals surface area contributed by atoms with Gasteiger partial charge in [-0.15, -0.1) is 0 Å². The minimum Gasteiger partial charge on any atom is -0.748 e. The highest BCUT2D eigenvalue weighted by Gasteiger charge is 2.02. The average Bonchev–Trinajstić information content (AvgIpc) is 2.92. The zero-order valence-electron chi connectivity index (χ0n) is 14.2. The molecular weight excluding hydrogens is 298 g/mol. The van der Waals surface area contributed by atoms with Crippen LogP contribution in [0.1, 0.15) is 71.1 Å². The number of quaternary nitrogens is 1. The maximum Gasteiger partial charge on any atom is 0.0990 e. The van der Waals surface area contributed by atoms with Gasteiger partial charge in [-0.25, -0.2) is 8.42 Å². The fraction of sp³-hybridized carbons (Fsp3) is 0.765. The molecule has 0 aliphatic carbocycles. The average molecular weight is 332 g/mol. The molecule has 0 atom stereocenters. The third-order valence-electron chi connectivity index (χ3n) is 3.55. The van der Waals surface area contributed by atoms with Crippen LogP contribution in [0.2, 0.25) is 0 Å². The fourth-order valence-corrected chi connectivity index (χ4v) is 2.40. The topological polar surface area (TPSA) is 61.6 Å². The van der Waals surface area contributed by atoms with Crippen molar-refractivity contribution in [1.82, 2.24) is 0 Å². The lowest BCUT2D eigenvalue weighted by Crippen LogP contribution is -3.01. The Labute approximate surface area is 137 Å². The SMILES string of the molecule is CCCCCCCCCCCC[NH+]1C=CC=C1.CS(=O)(=O)[O-]. The highest BCUT2D eigenvalue weighted by molar-refractivity contribution is 7.84. The van der Waals surface area contributed by atoms with Gasteiger partial charge in [0.1, 0.15) is 0 Å². The molecule has 22 heavy (non-hydrogen) atoms. The van der Waals surface area contributed by atoms with E-state index in [-0.39, 0.29) is 0 Å². The molecule has 0 aromatic carbocycles. The molecule has 0 unspecified atom stereocenters. The first-order chi connectivity index (χ1) is 10.4. The van der Waals surface area contributed by atoms with E-state index in [1.165, 1.54) is 75.7 Å². The predicted molar refractivity (Wildman–Crippen MR) is 91.6 cm³/mol. The summed E-state index contributed by atoms with van der Waals surface area (Å²) in [6, 6.07) is 0. The van der Waals surface area contributed by atoms with Crippen LogP contribution in [0.4, 0.5) is 0 Å². The Bertz CT molecular complexity index is 382. The third kappa shape index (κ3) is 19.4. The minimum absolute atomic E-state index is 0.604. The van der Waals surface area contributed by atoms with Crippen LogP contribution in [0.15, 0.2) is 24.6 Å². The van der Waals surface area contributed by atoms with Crippen molar-refractivity contribution in [3.8, 4) is 0 Å². The van der Waals surface area contributed by atoms with Crippen LogP contribution < -0.4 is 4.90 Å².